The molecule has 1 unspecified atom stereocenters. The number of fused-ring (bicyclic) bond motifs is 1. The van der Waals surface area contributed by atoms with E-state index in [1.54, 1.807) is 0 Å². The van der Waals surface area contributed by atoms with Gasteiger partial charge in [0.05, 0.1) is 5.52 Å². The highest BCUT2D eigenvalue weighted by Crippen LogP contribution is 2.25. The van der Waals surface area contributed by atoms with E-state index in [-0.39, 0.29) is 0 Å². The Morgan fingerprint density at radius 1 is 1.21 bits per heavy atom. The first-order valence-electron chi connectivity index (χ1n) is 5.16. The molecule has 0 saturated heterocycles. The molecule has 0 aliphatic rings. The van der Waals surface area contributed by atoms with Crippen LogP contribution in [0, 0.1) is 0 Å². The standard InChI is InChI=1S/C13H15N/c1-3-10(2)11-6-4-8-13-12(11)7-5-9-14-13/h4-10H,3H2,1-2H3. The number of rotatable bonds is 2. The molecule has 1 nitrogen and oxygen atoms in total. The van der Waals surface area contributed by atoms with Crippen molar-refractivity contribution >= 4 is 10.9 Å². The normalized spacial score (nSPS) is 13.0. The number of hydrogen-bond acceptors (Lipinski definition) is 1. The Kier molecular flexibility index (Phi) is 2.49. The Labute approximate surface area is 84.8 Å². The lowest BCUT2D eigenvalue weighted by Crippen LogP contribution is -1.93. The van der Waals surface area contributed by atoms with Crippen LogP contribution in [0.1, 0.15) is 31.7 Å². The third-order valence-electron chi connectivity index (χ3n) is 2.82. The summed E-state index contributed by atoms with van der Waals surface area (Å²) in [6.45, 7) is 4.49. The first kappa shape index (κ1) is 9.20. The third kappa shape index (κ3) is 1.50. The number of aromatic nitrogens is 1. The van der Waals surface area contributed by atoms with Crippen molar-refractivity contribution in [1.29, 1.82) is 0 Å². The van der Waals surface area contributed by atoms with E-state index in [4.69, 9.17) is 0 Å². The summed E-state index contributed by atoms with van der Waals surface area (Å²) >= 11 is 0. The average Bonchev–Trinajstić information content (AvgIpc) is 2.27. The highest BCUT2D eigenvalue weighted by molar-refractivity contribution is 5.82. The maximum absolute atomic E-state index is 4.36. The molecule has 0 saturated carbocycles. The molecule has 0 aliphatic carbocycles. The zero-order valence-electron chi connectivity index (χ0n) is 8.70. The molecule has 2 rings (SSSR count). The summed E-state index contributed by atoms with van der Waals surface area (Å²) in [4.78, 5) is 4.36. The van der Waals surface area contributed by atoms with Gasteiger partial charge in [0, 0.05) is 11.6 Å². The molecule has 0 radical (unpaired) electrons. The Bertz CT molecular complexity index is 429. The number of hydrogen-bond donors (Lipinski definition) is 0. The van der Waals surface area contributed by atoms with Gasteiger partial charge in [0.25, 0.3) is 0 Å². The van der Waals surface area contributed by atoms with Crippen molar-refractivity contribution in [1.82, 2.24) is 4.98 Å². The van der Waals surface area contributed by atoms with Crippen molar-refractivity contribution in [2.45, 2.75) is 26.2 Å². The van der Waals surface area contributed by atoms with Crippen LogP contribution >= 0.6 is 0 Å². The van der Waals surface area contributed by atoms with E-state index < -0.39 is 0 Å². The molecule has 72 valence electrons. The molecule has 1 aromatic carbocycles. The van der Waals surface area contributed by atoms with Gasteiger partial charge in [-0.05, 0) is 30.0 Å². The van der Waals surface area contributed by atoms with Gasteiger partial charge in [0.15, 0.2) is 0 Å². The fourth-order valence-electron chi connectivity index (χ4n) is 1.78. The summed E-state index contributed by atoms with van der Waals surface area (Å²) in [5.41, 5.74) is 2.52. The van der Waals surface area contributed by atoms with Gasteiger partial charge < -0.3 is 0 Å². The molecular formula is C13H15N. The van der Waals surface area contributed by atoms with Gasteiger partial charge in [-0.25, -0.2) is 0 Å². The number of benzene rings is 1. The van der Waals surface area contributed by atoms with E-state index in [1.807, 2.05) is 12.3 Å². The second kappa shape index (κ2) is 3.79. The van der Waals surface area contributed by atoms with Crippen LogP contribution in [0.2, 0.25) is 0 Å². The van der Waals surface area contributed by atoms with Crippen LogP contribution in [0.4, 0.5) is 0 Å². The first-order chi connectivity index (χ1) is 6.83. The topological polar surface area (TPSA) is 12.9 Å². The third-order valence-corrected chi connectivity index (χ3v) is 2.82. The van der Waals surface area contributed by atoms with Gasteiger partial charge in [-0.15, -0.1) is 0 Å². The van der Waals surface area contributed by atoms with Crippen LogP contribution in [0.3, 0.4) is 0 Å². The smallest absolute Gasteiger partial charge is 0.0704 e. The Hall–Kier alpha value is -1.37. The van der Waals surface area contributed by atoms with Crippen LogP contribution < -0.4 is 0 Å². The molecule has 1 aromatic heterocycles. The molecule has 0 fully saturated rings. The first-order valence-corrected chi connectivity index (χ1v) is 5.16. The summed E-state index contributed by atoms with van der Waals surface area (Å²) in [6.07, 6.45) is 3.02. The van der Waals surface area contributed by atoms with Crippen LogP contribution in [-0.4, -0.2) is 4.98 Å². The van der Waals surface area contributed by atoms with Crippen molar-refractivity contribution in [2.24, 2.45) is 0 Å². The average molecular weight is 185 g/mol. The summed E-state index contributed by atoms with van der Waals surface area (Å²) in [5, 5.41) is 1.30. The number of nitrogens with zero attached hydrogens (tertiary/aromatic N) is 1. The minimum Gasteiger partial charge on any atom is -0.256 e. The van der Waals surface area contributed by atoms with E-state index in [0.717, 1.165) is 5.52 Å². The maximum atomic E-state index is 4.36. The second-order valence-corrected chi connectivity index (χ2v) is 3.73. The molecule has 1 atom stereocenters. The van der Waals surface area contributed by atoms with Crippen LogP contribution in [0.15, 0.2) is 36.5 Å². The molecule has 2 aromatic rings. The predicted molar refractivity (Wildman–Crippen MR) is 60.4 cm³/mol. The summed E-state index contributed by atoms with van der Waals surface area (Å²) in [7, 11) is 0. The van der Waals surface area contributed by atoms with Gasteiger partial charge in [-0.1, -0.05) is 32.0 Å². The summed E-state index contributed by atoms with van der Waals surface area (Å²) < 4.78 is 0. The Morgan fingerprint density at radius 3 is 2.86 bits per heavy atom. The quantitative estimate of drug-likeness (QED) is 0.694. The Balaban J connectivity index is 2.65. The highest BCUT2D eigenvalue weighted by atomic mass is 14.6. The molecular weight excluding hydrogens is 170 g/mol. The fraction of sp³-hybridized carbons (Fsp3) is 0.308. The molecule has 0 amide bonds. The van der Waals surface area contributed by atoms with E-state index in [9.17, 15) is 0 Å². The largest absolute Gasteiger partial charge is 0.256 e. The second-order valence-electron chi connectivity index (χ2n) is 3.73. The van der Waals surface area contributed by atoms with Crippen molar-refractivity contribution in [2.75, 3.05) is 0 Å². The van der Waals surface area contributed by atoms with Crippen LogP contribution in [-0.2, 0) is 0 Å². The minimum atomic E-state index is 0.614. The molecule has 0 N–H and O–H groups in total. The van der Waals surface area contributed by atoms with Gasteiger partial charge >= 0.3 is 0 Å². The van der Waals surface area contributed by atoms with Gasteiger partial charge in [0.1, 0.15) is 0 Å². The van der Waals surface area contributed by atoms with Crippen LogP contribution in [0.5, 0.6) is 0 Å². The summed E-state index contributed by atoms with van der Waals surface area (Å²) in [6, 6.07) is 10.5. The zero-order chi connectivity index (χ0) is 9.97. The van der Waals surface area contributed by atoms with Gasteiger partial charge in [-0.2, -0.15) is 0 Å². The molecule has 1 heterocycles. The lowest BCUT2D eigenvalue weighted by molar-refractivity contribution is 0.739. The van der Waals surface area contributed by atoms with E-state index in [0.29, 0.717) is 5.92 Å². The van der Waals surface area contributed by atoms with Crippen molar-refractivity contribution < 1.29 is 0 Å². The van der Waals surface area contributed by atoms with Gasteiger partial charge in [-0.3, -0.25) is 4.98 Å². The number of pyridine rings is 1. The monoisotopic (exact) mass is 185 g/mol. The van der Waals surface area contributed by atoms with E-state index in [2.05, 4.69) is 43.1 Å². The van der Waals surface area contributed by atoms with Crippen LogP contribution in [0.25, 0.3) is 10.9 Å². The fourth-order valence-corrected chi connectivity index (χ4v) is 1.78. The lowest BCUT2D eigenvalue weighted by Gasteiger charge is -2.11. The van der Waals surface area contributed by atoms with Crippen molar-refractivity contribution in [3.63, 3.8) is 0 Å². The summed E-state index contributed by atoms with van der Waals surface area (Å²) in [5.74, 6) is 0.614. The molecule has 0 spiro atoms. The molecule has 0 aliphatic heterocycles. The highest BCUT2D eigenvalue weighted by Gasteiger charge is 2.06. The zero-order valence-corrected chi connectivity index (χ0v) is 8.70. The Morgan fingerprint density at radius 2 is 2.07 bits per heavy atom. The van der Waals surface area contributed by atoms with E-state index >= 15 is 0 Å². The molecule has 1 heteroatoms. The SMILES string of the molecule is CCC(C)c1cccc2ncccc12. The van der Waals surface area contributed by atoms with E-state index in [1.165, 1.54) is 17.4 Å². The van der Waals surface area contributed by atoms with Crippen molar-refractivity contribution in [3.05, 3.63) is 42.1 Å². The maximum Gasteiger partial charge on any atom is 0.0704 e. The molecule has 14 heavy (non-hydrogen) atoms. The minimum absolute atomic E-state index is 0.614. The lowest BCUT2D eigenvalue weighted by atomic mass is 9.95. The van der Waals surface area contributed by atoms with Crippen molar-refractivity contribution in [3.8, 4) is 0 Å². The van der Waals surface area contributed by atoms with Gasteiger partial charge in [0.2, 0.25) is 0 Å². The predicted octanol–water partition coefficient (Wildman–Crippen LogP) is 3.75. The molecule has 0 bridgehead atoms.